The summed E-state index contributed by atoms with van der Waals surface area (Å²) in [7, 11) is 0. The number of carbonyl (C=O) groups is 1. The quantitative estimate of drug-likeness (QED) is 0.835. The average Bonchev–Trinajstić information content (AvgIpc) is 2.86. The summed E-state index contributed by atoms with van der Waals surface area (Å²) in [5, 5.41) is 4.05. The Morgan fingerprint density at radius 3 is 3.13 bits per heavy atom. The van der Waals surface area contributed by atoms with E-state index < -0.39 is 0 Å². The number of nitrogens with two attached hydrogens (primary N) is 1. The zero-order valence-corrected chi connectivity index (χ0v) is 9.50. The van der Waals surface area contributed by atoms with Crippen molar-refractivity contribution in [1.29, 1.82) is 0 Å². The van der Waals surface area contributed by atoms with Crippen molar-refractivity contribution in [2.24, 2.45) is 11.7 Å². The van der Waals surface area contributed by atoms with Crippen LogP contribution in [0.3, 0.4) is 0 Å². The molecule has 0 aromatic carbocycles. The van der Waals surface area contributed by atoms with Crippen molar-refractivity contribution in [3.8, 4) is 0 Å². The molecule has 1 saturated heterocycles. The molecule has 2 rings (SSSR count). The predicted molar refractivity (Wildman–Crippen MR) is 61.8 cm³/mol. The topological polar surface area (TPSA) is 46.3 Å². The van der Waals surface area contributed by atoms with Crippen LogP contribution >= 0.6 is 11.3 Å². The zero-order chi connectivity index (χ0) is 10.7. The summed E-state index contributed by atoms with van der Waals surface area (Å²) in [6, 6.07) is 2.01. The minimum absolute atomic E-state index is 0.240. The van der Waals surface area contributed by atoms with Gasteiger partial charge < -0.3 is 10.6 Å². The van der Waals surface area contributed by atoms with Crippen LogP contribution in [-0.2, 0) is 11.2 Å². The molecule has 82 valence electrons. The first kappa shape index (κ1) is 10.6. The fraction of sp³-hybridized carbons (Fsp3) is 0.545. The van der Waals surface area contributed by atoms with E-state index in [4.69, 9.17) is 5.73 Å². The van der Waals surface area contributed by atoms with Gasteiger partial charge in [0.1, 0.15) is 0 Å². The molecule has 3 nitrogen and oxygen atoms in total. The molecule has 0 bridgehead atoms. The van der Waals surface area contributed by atoms with E-state index in [1.165, 1.54) is 0 Å². The molecule has 0 radical (unpaired) electrons. The summed E-state index contributed by atoms with van der Waals surface area (Å²) < 4.78 is 0. The van der Waals surface area contributed by atoms with Gasteiger partial charge >= 0.3 is 0 Å². The number of amides is 1. The molecule has 1 aromatic rings. The van der Waals surface area contributed by atoms with E-state index in [1.54, 1.807) is 11.3 Å². The third-order valence-electron chi connectivity index (χ3n) is 2.91. The summed E-state index contributed by atoms with van der Waals surface area (Å²) in [4.78, 5) is 13.8. The highest BCUT2D eigenvalue weighted by Crippen LogP contribution is 2.16. The van der Waals surface area contributed by atoms with Gasteiger partial charge in [0.25, 0.3) is 0 Å². The summed E-state index contributed by atoms with van der Waals surface area (Å²) in [5.74, 6) is 0.751. The fourth-order valence-corrected chi connectivity index (χ4v) is 2.60. The molecule has 0 saturated carbocycles. The molecule has 0 unspecified atom stereocenters. The molecule has 1 aromatic heterocycles. The van der Waals surface area contributed by atoms with Gasteiger partial charge in [-0.05, 0) is 41.3 Å². The lowest BCUT2D eigenvalue weighted by atomic mass is 10.1. The first-order chi connectivity index (χ1) is 7.29. The lowest BCUT2D eigenvalue weighted by Crippen LogP contribution is -2.30. The van der Waals surface area contributed by atoms with Crippen LogP contribution in [0.2, 0.25) is 0 Å². The van der Waals surface area contributed by atoms with E-state index in [-0.39, 0.29) is 5.91 Å². The molecule has 1 atom stereocenters. The Morgan fingerprint density at radius 1 is 1.67 bits per heavy atom. The standard InChI is InChI=1S/C11H16N2OS/c12-6-10-1-3-13(7-10)11(14)5-9-2-4-15-8-9/h2,4,8,10H,1,3,5-7,12H2/t10-/m0/s1. The Kier molecular flexibility index (Phi) is 3.38. The maximum absolute atomic E-state index is 11.9. The van der Waals surface area contributed by atoms with Crippen LogP contribution in [-0.4, -0.2) is 30.4 Å². The highest BCUT2D eigenvalue weighted by molar-refractivity contribution is 7.07. The van der Waals surface area contributed by atoms with E-state index >= 15 is 0 Å². The largest absolute Gasteiger partial charge is 0.342 e. The minimum Gasteiger partial charge on any atom is -0.342 e. The Balaban J connectivity index is 1.87. The monoisotopic (exact) mass is 224 g/mol. The Bertz CT molecular complexity index is 323. The van der Waals surface area contributed by atoms with Crippen LogP contribution in [0.15, 0.2) is 16.8 Å². The predicted octanol–water partition coefficient (Wildman–Crippen LogP) is 1.10. The highest BCUT2D eigenvalue weighted by Gasteiger charge is 2.24. The SMILES string of the molecule is NC[C@@H]1CCN(C(=O)Cc2ccsc2)C1. The molecule has 1 aliphatic heterocycles. The van der Waals surface area contributed by atoms with Gasteiger partial charge in [-0.3, -0.25) is 4.79 Å². The molecule has 2 N–H and O–H groups in total. The van der Waals surface area contributed by atoms with Crippen molar-refractivity contribution >= 4 is 17.2 Å². The number of hydrogen-bond donors (Lipinski definition) is 1. The van der Waals surface area contributed by atoms with Crippen molar-refractivity contribution < 1.29 is 4.79 Å². The van der Waals surface area contributed by atoms with Gasteiger partial charge in [0.05, 0.1) is 6.42 Å². The molecule has 15 heavy (non-hydrogen) atoms. The summed E-state index contributed by atoms with van der Waals surface area (Å²) in [6.45, 7) is 2.42. The Labute approximate surface area is 93.9 Å². The molecular formula is C11H16N2OS. The van der Waals surface area contributed by atoms with E-state index in [1.807, 2.05) is 21.7 Å². The highest BCUT2D eigenvalue weighted by atomic mass is 32.1. The third kappa shape index (κ3) is 2.58. The van der Waals surface area contributed by atoms with Gasteiger partial charge in [-0.15, -0.1) is 0 Å². The van der Waals surface area contributed by atoms with Crippen molar-refractivity contribution in [3.05, 3.63) is 22.4 Å². The van der Waals surface area contributed by atoms with Gasteiger partial charge in [0.15, 0.2) is 0 Å². The minimum atomic E-state index is 0.240. The van der Waals surface area contributed by atoms with E-state index in [0.29, 0.717) is 18.9 Å². The zero-order valence-electron chi connectivity index (χ0n) is 8.69. The van der Waals surface area contributed by atoms with E-state index in [2.05, 4.69) is 0 Å². The maximum Gasteiger partial charge on any atom is 0.227 e. The van der Waals surface area contributed by atoms with Crippen molar-refractivity contribution in [2.75, 3.05) is 19.6 Å². The summed E-state index contributed by atoms with van der Waals surface area (Å²) in [5.41, 5.74) is 6.72. The van der Waals surface area contributed by atoms with E-state index in [0.717, 1.165) is 25.1 Å². The Morgan fingerprint density at radius 2 is 2.53 bits per heavy atom. The number of hydrogen-bond acceptors (Lipinski definition) is 3. The normalized spacial score (nSPS) is 20.9. The number of rotatable bonds is 3. The summed E-state index contributed by atoms with van der Waals surface area (Å²) >= 11 is 1.64. The molecule has 1 fully saturated rings. The first-order valence-electron chi connectivity index (χ1n) is 5.28. The first-order valence-corrected chi connectivity index (χ1v) is 6.23. The van der Waals surface area contributed by atoms with Crippen LogP contribution in [0.25, 0.3) is 0 Å². The lowest BCUT2D eigenvalue weighted by Gasteiger charge is -2.15. The molecule has 1 amide bonds. The number of thiophene rings is 1. The molecule has 0 spiro atoms. The van der Waals surface area contributed by atoms with Crippen LogP contribution in [0, 0.1) is 5.92 Å². The smallest absolute Gasteiger partial charge is 0.227 e. The fourth-order valence-electron chi connectivity index (χ4n) is 1.93. The third-order valence-corrected chi connectivity index (χ3v) is 3.64. The van der Waals surface area contributed by atoms with Crippen LogP contribution < -0.4 is 5.73 Å². The second kappa shape index (κ2) is 4.77. The second-order valence-electron chi connectivity index (χ2n) is 4.04. The molecular weight excluding hydrogens is 208 g/mol. The van der Waals surface area contributed by atoms with Gasteiger partial charge in [-0.25, -0.2) is 0 Å². The average molecular weight is 224 g/mol. The van der Waals surface area contributed by atoms with Crippen molar-refractivity contribution in [3.63, 3.8) is 0 Å². The van der Waals surface area contributed by atoms with Crippen LogP contribution in [0.5, 0.6) is 0 Å². The maximum atomic E-state index is 11.9. The molecule has 4 heteroatoms. The van der Waals surface area contributed by atoms with Gasteiger partial charge in [-0.2, -0.15) is 11.3 Å². The number of carbonyl (C=O) groups excluding carboxylic acids is 1. The Hall–Kier alpha value is -0.870. The van der Waals surface area contributed by atoms with E-state index in [9.17, 15) is 4.79 Å². The van der Waals surface area contributed by atoms with Gasteiger partial charge in [0.2, 0.25) is 5.91 Å². The van der Waals surface area contributed by atoms with Crippen molar-refractivity contribution in [2.45, 2.75) is 12.8 Å². The van der Waals surface area contributed by atoms with Gasteiger partial charge in [0, 0.05) is 13.1 Å². The molecule has 2 heterocycles. The lowest BCUT2D eigenvalue weighted by molar-refractivity contribution is -0.129. The van der Waals surface area contributed by atoms with Gasteiger partial charge in [-0.1, -0.05) is 0 Å². The molecule has 0 aliphatic carbocycles. The van der Waals surface area contributed by atoms with Crippen LogP contribution in [0.4, 0.5) is 0 Å². The second-order valence-corrected chi connectivity index (χ2v) is 4.82. The van der Waals surface area contributed by atoms with Crippen molar-refractivity contribution in [1.82, 2.24) is 4.90 Å². The summed E-state index contributed by atoms with van der Waals surface area (Å²) in [6.07, 6.45) is 1.60. The number of nitrogens with zero attached hydrogens (tertiary/aromatic N) is 1. The van der Waals surface area contributed by atoms with Crippen LogP contribution in [0.1, 0.15) is 12.0 Å². The molecule has 1 aliphatic rings. The number of likely N-dealkylation sites (tertiary alicyclic amines) is 1.